The Labute approximate surface area is 102 Å². The number of allylic oxidation sites excluding steroid dienone is 2. The summed E-state index contributed by atoms with van der Waals surface area (Å²) < 4.78 is 1.82. The SMILES string of the molecule is CC(C)n1ncnc1CC(=O)C1=CCCCC1. The van der Waals surface area contributed by atoms with Crippen LogP contribution in [0.25, 0.3) is 0 Å². The second-order valence-corrected chi connectivity index (χ2v) is 4.79. The molecule has 0 aliphatic heterocycles. The van der Waals surface area contributed by atoms with Crippen molar-refractivity contribution in [1.29, 1.82) is 0 Å². The van der Waals surface area contributed by atoms with Crippen molar-refractivity contribution in [1.82, 2.24) is 14.8 Å². The normalized spacial score (nSPS) is 16.1. The number of Topliss-reactive ketones (excluding diaryl/α,β-unsaturated/α-hetero) is 1. The number of hydrogen-bond acceptors (Lipinski definition) is 3. The van der Waals surface area contributed by atoms with Crippen LogP contribution >= 0.6 is 0 Å². The number of rotatable bonds is 4. The van der Waals surface area contributed by atoms with Crippen LogP contribution in [0.2, 0.25) is 0 Å². The summed E-state index contributed by atoms with van der Waals surface area (Å²) in [5.41, 5.74) is 0.981. The first-order valence-corrected chi connectivity index (χ1v) is 6.29. The Morgan fingerprint density at radius 3 is 2.94 bits per heavy atom. The summed E-state index contributed by atoms with van der Waals surface area (Å²) in [6.45, 7) is 4.09. The van der Waals surface area contributed by atoms with E-state index in [1.807, 2.05) is 18.5 Å². The lowest BCUT2D eigenvalue weighted by molar-refractivity contribution is -0.115. The van der Waals surface area contributed by atoms with Crippen LogP contribution in [0.3, 0.4) is 0 Å². The van der Waals surface area contributed by atoms with Gasteiger partial charge in [0.15, 0.2) is 5.78 Å². The van der Waals surface area contributed by atoms with Gasteiger partial charge in [-0.2, -0.15) is 5.10 Å². The number of aromatic nitrogens is 3. The molecular weight excluding hydrogens is 214 g/mol. The van der Waals surface area contributed by atoms with Crippen LogP contribution in [0.1, 0.15) is 51.4 Å². The van der Waals surface area contributed by atoms with Gasteiger partial charge in [0.1, 0.15) is 12.2 Å². The Morgan fingerprint density at radius 1 is 1.47 bits per heavy atom. The Bertz CT molecular complexity index is 432. The quantitative estimate of drug-likeness (QED) is 0.802. The molecule has 0 aromatic carbocycles. The van der Waals surface area contributed by atoms with E-state index in [4.69, 9.17) is 0 Å². The molecule has 0 amide bonds. The average Bonchev–Trinajstić information content (AvgIpc) is 2.78. The van der Waals surface area contributed by atoms with Gasteiger partial charge in [-0.3, -0.25) is 4.79 Å². The Kier molecular flexibility index (Phi) is 3.71. The number of hydrogen-bond donors (Lipinski definition) is 0. The molecule has 0 spiro atoms. The van der Waals surface area contributed by atoms with Crippen molar-refractivity contribution in [2.75, 3.05) is 0 Å². The maximum absolute atomic E-state index is 12.1. The molecule has 1 aromatic rings. The fourth-order valence-corrected chi connectivity index (χ4v) is 2.18. The summed E-state index contributed by atoms with van der Waals surface area (Å²) in [5, 5.41) is 4.15. The predicted molar refractivity (Wildman–Crippen MR) is 65.7 cm³/mol. The molecule has 1 aromatic heterocycles. The van der Waals surface area contributed by atoms with E-state index in [9.17, 15) is 4.79 Å². The molecule has 1 heterocycles. The summed E-state index contributed by atoms with van der Waals surface area (Å²) in [6, 6.07) is 0.251. The fraction of sp³-hybridized carbons (Fsp3) is 0.615. The van der Waals surface area contributed by atoms with E-state index in [0.717, 1.165) is 30.7 Å². The molecule has 0 atom stereocenters. The average molecular weight is 233 g/mol. The molecule has 92 valence electrons. The van der Waals surface area contributed by atoms with Gasteiger partial charge in [0, 0.05) is 6.04 Å². The summed E-state index contributed by atoms with van der Waals surface area (Å²) in [5.74, 6) is 0.982. The van der Waals surface area contributed by atoms with Crippen LogP contribution in [0.5, 0.6) is 0 Å². The van der Waals surface area contributed by atoms with Crippen LogP contribution in [0.15, 0.2) is 18.0 Å². The molecule has 0 N–H and O–H groups in total. The van der Waals surface area contributed by atoms with Gasteiger partial charge in [-0.05, 0) is 45.1 Å². The fourth-order valence-electron chi connectivity index (χ4n) is 2.18. The highest BCUT2D eigenvalue weighted by Gasteiger charge is 2.16. The lowest BCUT2D eigenvalue weighted by Crippen LogP contribution is -2.15. The molecule has 0 saturated carbocycles. The minimum atomic E-state index is 0.208. The van der Waals surface area contributed by atoms with Crippen molar-refractivity contribution < 1.29 is 4.79 Å². The molecular formula is C13H19N3O. The van der Waals surface area contributed by atoms with Gasteiger partial charge in [-0.25, -0.2) is 9.67 Å². The monoisotopic (exact) mass is 233 g/mol. The molecule has 0 saturated heterocycles. The molecule has 1 aliphatic rings. The highest BCUT2D eigenvalue weighted by molar-refractivity contribution is 5.96. The molecule has 0 radical (unpaired) electrons. The third kappa shape index (κ3) is 2.81. The summed E-state index contributed by atoms with van der Waals surface area (Å²) in [7, 11) is 0. The molecule has 4 nitrogen and oxygen atoms in total. The van der Waals surface area contributed by atoms with Gasteiger partial charge in [0.2, 0.25) is 0 Å². The van der Waals surface area contributed by atoms with E-state index >= 15 is 0 Å². The van der Waals surface area contributed by atoms with Crippen LogP contribution in [0.4, 0.5) is 0 Å². The van der Waals surface area contributed by atoms with Crippen molar-refractivity contribution in [3.05, 3.63) is 23.8 Å². The molecule has 4 heteroatoms. The first kappa shape index (κ1) is 12.0. The van der Waals surface area contributed by atoms with E-state index in [1.165, 1.54) is 12.7 Å². The second kappa shape index (κ2) is 5.25. The van der Waals surface area contributed by atoms with Gasteiger partial charge in [-0.1, -0.05) is 6.08 Å². The minimum absolute atomic E-state index is 0.208. The number of carbonyl (C=O) groups excluding carboxylic acids is 1. The van der Waals surface area contributed by atoms with E-state index in [2.05, 4.69) is 16.2 Å². The molecule has 0 unspecified atom stereocenters. The van der Waals surface area contributed by atoms with E-state index in [0.29, 0.717) is 6.42 Å². The third-order valence-electron chi connectivity index (χ3n) is 3.10. The van der Waals surface area contributed by atoms with Crippen molar-refractivity contribution in [2.24, 2.45) is 0 Å². The zero-order chi connectivity index (χ0) is 12.3. The van der Waals surface area contributed by atoms with Crippen molar-refractivity contribution in [3.63, 3.8) is 0 Å². The highest BCUT2D eigenvalue weighted by Crippen LogP contribution is 2.19. The maximum Gasteiger partial charge on any atom is 0.166 e. The van der Waals surface area contributed by atoms with Gasteiger partial charge < -0.3 is 0 Å². The Balaban J connectivity index is 2.07. The van der Waals surface area contributed by atoms with Crippen LogP contribution in [-0.2, 0) is 11.2 Å². The molecule has 17 heavy (non-hydrogen) atoms. The maximum atomic E-state index is 12.1. The topological polar surface area (TPSA) is 47.8 Å². The van der Waals surface area contributed by atoms with Crippen molar-refractivity contribution in [3.8, 4) is 0 Å². The zero-order valence-electron chi connectivity index (χ0n) is 10.5. The van der Waals surface area contributed by atoms with Gasteiger partial charge in [0.25, 0.3) is 0 Å². The van der Waals surface area contributed by atoms with Crippen LogP contribution < -0.4 is 0 Å². The number of nitrogens with zero attached hydrogens (tertiary/aromatic N) is 3. The lowest BCUT2D eigenvalue weighted by atomic mass is 9.95. The summed E-state index contributed by atoms with van der Waals surface area (Å²) in [6.07, 6.45) is 8.30. The van der Waals surface area contributed by atoms with Crippen molar-refractivity contribution in [2.45, 2.75) is 52.0 Å². The van der Waals surface area contributed by atoms with Gasteiger partial charge in [0.05, 0.1) is 6.42 Å². The third-order valence-corrected chi connectivity index (χ3v) is 3.10. The smallest absolute Gasteiger partial charge is 0.166 e. The first-order chi connectivity index (χ1) is 8.18. The Morgan fingerprint density at radius 2 is 2.29 bits per heavy atom. The van der Waals surface area contributed by atoms with E-state index < -0.39 is 0 Å². The molecule has 0 fully saturated rings. The molecule has 1 aliphatic carbocycles. The summed E-state index contributed by atoms with van der Waals surface area (Å²) >= 11 is 0. The van der Waals surface area contributed by atoms with Crippen LogP contribution in [0, 0.1) is 0 Å². The van der Waals surface area contributed by atoms with Crippen LogP contribution in [-0.4, -0.2) is 20.5 Å². The minimum Gasteiger partial charge on any atom is -0.294 e. The second-order valence-electron chi connectivity index (χ2n) is 4.79. The van der Waals surface area contributed by atoms with Gasteiger partial charge >= 0.3 is 0 Å². The largest absolute Gasteiger partial charge is 0.294 e. The molecule has 0 bridgehead atoms. The standard InChI is InChI=1S/C13H19N3O/c1-10(2)16-13(14-9-15-16)8-12(17)11-6-4-3-5-7-11/h6,9-10H,3-5,7-8H2,1-2H3. The lowest BCUT2D eigenvalue weighted by Gasteiger charge is -2.12. The van der Waals surface area contributed by atoms with Crippen molar-refractivity contribution >= 4 is 5.78 Å². The van der Waals surface area contributed by atoms with E-state index in [-0.39, 0.29) is 11.8 Å². The molecule has 2 rings (SSSR count). The highest BCUT2D eigenvalue weighted by atomic mass is 16.1. The Hall–Kier alpha value is -1.45. The van der Waals surface area contributed by atoms with E-state index in [1.54, 1.807) is 0 Å². The number of carbonyl (C=O) groups is 1. The first-order valence-electron chi connectivity index (χ1n) is 6.29. The summed E-state index contributed by atoms with van der Waals surface area (Å²) in [4.78, 5) is 16.3. The van der Waals surface area contributed by atoms with Gasteiger partial charge in [-0.15, -0.1) is 0 Å². The number of ketones is 1. The predicted octanol–water partition coefficient (Wildman–Crippen LogP) is 2.47. The zero-order valence-corrected chi connectivity index (χ0v) is 10.5.